The standard InChI is InChI=1S/C21H17FN4O2/c1-12-18-19(16(10-23)20(24)28-21(18)26-25-12)15-7-2-3-8-17(15)27-11-13-5-4-6-14(22)9-13/h2-9,19H,11,24H2,1H3,(H,25,26)/t19-/m0/s1. The molecule has 1 aliphatic rings. The molecule has 0 amide bonds. The Morgan fingerprint density at radius 1 is 1.29 bits per heavy atom. The summed E-state index contributed by atoms with van der Waals surface area (Å²) in [7, 11) is 0. The molecule has 140 valence electrons. The Morgan fingerprint density at radius 3 is 2.89 bits per heavy atom. The maximum absolute atomic E-state index is 13.4. The number of aryl methyl sites for hydroxylation is 1. The van der Waals surface area contributed by atoms with Gasteiger partial charge in [-0.05, 0) is 30.7 Å². The van der Waals surface area contributed by atoms with Gasteiger partial charge in [0.2, 0.25) is 11.8 Å². The highest BCUT2D eigenvalue weighted by molar-refractivity contribution is 5.57. The number of benzene rings is 2. The molecule has 28 heavy (non-hydrogen) atoms. The highest BCUT2D eigenvalue weighted by atomic mass is 19.1. The number of nitrogens with two attached hydrogens (primary N) is 1. The molecule has 2 aromatic carbocycles. The van der Waals surface area contributed by atoms with Crippen molar-refractivity contribution in [3.63, 3.8) is 0 Å². The first kappa shape index (κ1) is 17.6. The minimum absolute atomic E-state index is 0.0198. The van der Waals surface area contributed by atoms with Crippen LogP contribution in [0.3, 0.4) is 0 Å². The number of aromatic amines is 1. The van der Waals surface area contributed by atoms with Gasteiger partial charge in [0.25, 0.3) is 0 Å². The lowest BCUT2D eigenvalue weighted by Gasteiger charge is -2.25. The van der Waals surface area contributed by atoms with Gasteiger partial charge in [-0.2, -0.15) is 5.26 Å². The van der Waals surface area contributed by atoms with Crippen molar-refractivity contribution < 1.29 is 13.9 Å². The van der Waals surface area contributed by atoms with Gasteiger partial charge in [-0.15, -0.1) is 5.10 Å². The largest absolute Gasteiger partial charge is 0.489 e. The fourth-order valence-corrected chi connectivity index (χ4v) is 3.35. The second kappa shape index (κ2) is 7.08. The van der Waals surface area contributed by atoms with Crippen LogP contribution in [-0.4, -0.2) is 10.2 Å². The van der Waals surface area contributed by atoms with Crippen molar-refractivity contribution in [1.29, 1.82) is 5.26 Å². The van der Waals surface area contributed by atoms with Gasteiger partial charge in [-0.25, -0.2) is 4.39 Å². The van der Waals surface area contributed by atoms with Crippen LogP contribution in [0.15, 0.2) is 60.0 Å². The van der Waals surface area contributed by atoms with Crippen LogP contribution in [0.2, 0.25) is 0 Å². The zero-order valence-corrected chi connectivity index (χ0v) is 15.1. The smallest absolute Gasteiger partial charge is 0.244 e. The maximum atomic E-state index is 13.4. The molecule has 0 fully saturated rings. The van der Waals surface area contributed by atoms with Crippen molar-refractivity contribution in [1.82, 2.24) is 10.2 Å². The van der Waals surface area contributed by atoms with Gasteiger partial charge in [0.15, 0.2) is 0 Å². The molecular weight excluding hydrogens is 359 g/mol. The Labute approximate surface area is 161 Å². The minimum atomic E-state index is -0.476. The van der Waals surface area contributed by atoms with E-state index in [1.165, 1.54) is 12.1 Å². The summed E-state index contributed by atoms with van der Waals surface area (Å²) in [5.41, 5.74) is 9.25. The molecular formula is C21H17FN4O2. The third kappa shape index (κ3) is 3.05. The molecule has 3 N–H and O–H groups in total. The van der Waals surface area contributed by atoms with Crippen molar-refractivity contribution in [3.05, 3.63) is 88.2 Å². The Bertz CT molecular complexity index is 1110. The predicted octanol–water partition coefficient (Wildman–Crippen LogP) is 3.65. The average Bonchev–Trinajstić information content (AvgIpc) is 3.06. The van der Waals surface area contributed by atoms with E-state index < -0.39 is 5.92 Å². The first-order chi connectivity index (χ1) is 13.6. The number of para-hydroxylation sites is 1. The summed E-state index contributed by atoms with van der Waals surface area (Å²) in [6.07, 6.45) is 0. The van der Waals surface area contributed by atoms with E-state index in [1.54, 1.807) is 12.1 Å². The molecule has 4 rings (SSSR count). The minimum Gasteiger partial charge on any atom is -0.489 e. The van der Waals surface area contributed by atoms with Crippen LogP contribution in [0.4, 0.5) is 4.39 Å². The third-order valence-electron chi connectivity index (χ3n) is 4.64. The lowest BCUT2D eigenvalue weighted by Crippen LogP contribution is -2.21. The van der Waals surface area contributed by atoms with Crippen molar-refractivity contribution in [2.45, 2.75) is 19.4 Å². The van der Waals surface area contributed by atoms with E-state index in [1.807, 2.05) is 31.2 Å². The fraction of sp³-hybridized carbons (Fsp3) is 0.143. The molecule has 0 bridgehead atoms. The number of nitriles is 1. The third-order valence-corrected chi connectivity index (χ3v) is 4.64. The lowest BCUT2D eigenvalue weighted by atomic mass is 9.83. The fourth-order valence-electron chi connectivity index (χ4n) is 3.35. The number of fused-ring (bicyclic) bond motifs is 1. The number of nitrogens with zero attached hydrogens (tertiary/aromatic N) is 2. The zero-order valence-electron chi connectivity index (χ0n) is 15.1. The van der Waals surface area contributed by atoms with Crippen LogP contribution in [0.5, 0.6) is 11.6 Å². The van der Waals surface area contributed by atoms with Crippen molar-refractivity contribution in [2.75, 3.05) is 0 Å². The summed E-state index contributed by atoms with van der Waals surface area (Å²) in [5, 5.41) is 16.7. The Kier molecular flexibility index (Phi) is 4.45. The van der Waals surface area contributed by atoms with E-state index >= 15 is 0 Å². The first-order valence-electron chi connectivity index (χ1n) is 8.67. The van der Waals surface area contributed by atoms with Gasteiger partial charge >= 0.3 is 0 Å². The summed E-state index contributed by atoms with van der Waals surface area (Å²) in [6.45, 7) is 2.05. The SMILES string of the molecule is Cc1[nH]nc2c1[C@@H](c1ccccc1OCc1cccc(F)c1)C(C#N)=C(N)O2. The van der Waals surface area contributed by atoms with Gasteiger partial charge < -0.3 is 15.2 Å². The maximum Gasteiger partial charge on any atom is 0.244 e. The topological polar surface area (TPSA) is 97.0 Å². The van der Waals surface area contributed by atoms with Crippen molar-refractivity contribution >= 4 is 0 Å². The van der Waals surface area contributed by atoms with Gasteiger partial charge in [-0.1, -0.05) is 30.3 Å². The van der Waals surface area contributed by atoms with Crippen molar-refractivity contribution in [3.8, 4) is 17.7 Å². The molecule has 1 aliphatic heterocycles. The number of nitrogens with one attached hydrogen (secondary N) is 1. The number of allylic oxidation sites excluding steroid dienone is 1. The zero-order chi connectivity index (χ0) is 19.7. The number of H-pyrrole nitrogens is 1. The van der Waals surface area contributed by atoms with E-state index in [0.717, 1.165) is 16.8 Å². The second-order valence-electron chi connectivity index (χ2n) is 6.45. The van der Waals surface area contributed by atoms with Crippen LogP contribution in [0.25, 0.3) is 0 Å². The number of aromatic nitrogens is 2. The van der Waals surface area contributed by atoms with Gasteiger partial charge in [0.05, 0.1) is 5.92 Å². The van der Waals surface area contributed by atoms with Gasteiger partial charge in [-0.3, -0.25) is 5.10 Å². The van der Waals surface area contributed by atoms with Gasteiger partial charge in [0.1, 0.15) is 29.8 Å². The second-order valence-corrected chi connectivity index (χ2v) is 6.45. The lowest BCUT2D eigenvalue weighted by molar-refractivity contribution is 0.301. The van der Waals surface area contributed by atoms with E-state index in [-0.39, 0.29) is 18.3 Å². The number of ether oxygens (including phenoxy) is 2. The normalized spacial score (nSPS) is 15.5. The summed E-state index contributed by atoms with van der Waals surface area (Å²) < 4.78 is 24.9. The Morgan fingerprint density at radius 2 is 2.11 bits per heavy atom. The summed E-state index contributed by atoms with van der Waals surface area (Å²) in [4.78, 5) is 0. The number of hydrogen-bond acceptors (Lipinski definition) is 5. The van der Waals surface area contributed by atoms with Crippen LogP contribution in [0, 0.1) is 24.1 Å². The first-order valence-corrected chi connectivity index (χ1v) is 8.67. The van der Waals surface area contributed by atoms with E-state index in [9.17, 15) is 9.65 Å². The molecule has 0 saturated carbocycles. The Balaban J connectivity index is 1.75. The molecule has 2 heterocycles. The number of rotatable bonds is 4. The highest BCUT2D eigenvalue weighted by Gasteiger charge is 2.35. The molecule has 6 nitrogen and oxygen atoms in total. The molecule has 7 heteroatoms. The van der Waals surface area contributed by atoms with E-state index in [2.05, 4.69) is 16.3 Å². The van der Waals surface area contributed by atoms with E-state index in [0.29, 0.717) is 22.8 Å². The molecule has 0 spiro atoms. The number of hydrogen-bond donors (Lipinski definition) is 2. The van der Waals surface area contributed by atoms with Crippen LogP contribution in [-0.2, 0) is 6.61 Å². The molecule has 0 radical (unpaired) electrons. The molecule has 1 atom stereocenters. The van der Waals surface area contributed by atoms with Crippen LogP contribution >= 0.6 is 0 Å². The average molecular weight is 376 g/mol. The molecule has 0 saturated heterocycles. The van der Waals surface area contributed by atoms with E-state index in [4.69, 9.17) is 15.2 Å². The molecule has 0 aliphatic carbocycles. The predicted molar refractivity (Wildman–Crippen MR) is 99.8 cm³/mol. The summed E-state index contributed by atoms with van der Waals surface area (Å²) in [5.74, 6) is 0.146. The quantitative estimate of drug-likeness (QED) is 0.724. The molecule has 3 aromatic rings. The number of halogens is 1. The van der Waals surface area contributed by atoms with Gasteiger partial charge in [0, 0.05) is 16.8 Å². The molecule has 1 aromatic heterocycles. The highest BCUT2D eigenvalue weighted by Crippen LogP contribution is 2.45. The van der Waals surface area contributed by atoms with Crippen LogP contribution < -0.4 is 15.2 Å². The van der Waals surface area contributed by atoms with Crippen molar-refractivity contribution in [2.24, 2.45) is 5.73 Å². The monoisotopic (exact) mass is 376 g/mol. The summed E-state index contributed by atoms with van der Waals surface area (Å²) >= 11 is 0. The Hall–Kier alpha value is -3.79. The molecule has 0 unspecified atom stereocenters. The summed E-state index contributed by atoms with van der Waals surface area (Å²) in [6, 6.07) is 15.8. The van der Waals surface area contributed by atoms with Crippen LogP contribution in [0.1, 0.15) is 28.3 Å².